The van der Waals surface area contributed by atoms with E-state index in [0.29, 0.717) is 31.2 Å². The highest BCUT2D eigenvalue weighted by Gasteiger charge is 2.34. The number of alkyl halides is 2. The van der Waals surface area contributed by atoms with E-state index in [-0.39, 0.29) is 6.54 Å². The molecule has 1 aliphatic heterocycles. The molecule has 174 valence electrons. The van der Waals surface area contributed by atoms with Gasteiger partial charge in [-0.25, -0.2) is 9.18 Å². The van der Waals surface area contributed by atoms with Crippen LogP contribution in [0, 0.1) is 0 Å². The largest absolute Gasteiger partial charge is 0.490 e. The zero-order chi connectivity index (χ0) is 23.1. The van der Waals surface area contributed by atoms with Gasteiger partial charge in [-0.3, -0.25) is 0 Å². The van der Waals surface area contributed by atoms with E-state index in [4.69, 9.17) is 21.1 Å². The molecule has 5 nitrogen and oxygen atoms in total. The molecule has 2 aromatic carbocycles. The molecule has 2 atom stereocenters. The maximum atomic E-state index is 15.0. The highest BCUT2D eigenvalue weighted by atomic mass is 35.5. The molecule has 3 rings (SSSR count). The van der Waals surface area contributed by atoms with Crippen LogP contribution in [0.1, 0.15) is 27.2 Å². The number of rotatable bonds is 7. The molecule has 1 N–H and O–H groups in total. The van der Waals surface area contributed by atoms with Crippen LogP contribution in [0.4, 0.5) is 14.9 Å². The van der Waals surface area contributed by atoms with E-state index < -0.39 is 23.9 Å². The first-order chi connectivity index (χ1) is 15.2. The smallest absolute Gasteiger partial charge is 0.410 e. The maximum absolute atomic E-state index is 15.0. The van der Waals surface area contributed by atoms with E-state index in [1.54, 1.807) is 32.5 Å². The molecule has 1 heterocycles. The summed E-state index contributed by atoms with van der Waals surface area (Å²) in [7, 11) is 0. The summed E-state index contributed by atoms with van der Waals surface area (Å²) in [6.45, 7) is 6.17. The molecule has 1 aliphatic rings. The first kappa shape index (κ1) is 24.5. The van der Waals surface area contributed by atoms with Crippen molar-refractivity contribution in [2.24, 2.45) is 0 Å². The Morgan fingerprint density at radius 3 is 2.62 bits per heavy atom. The number of carbonyl (C=O) groups excluding carboxylic acids is 1. The lowest BCUT2D eigenvalue weighted by Gasteiger charge is -2.36. The highest BCUT2D eigenvalue weighted by molar-refractivity contribution is 7.99. The third-order valence-corrected chi connectivity index (χ3v) is 5.95. The minimum Gasteiger partial charge on any atom is -0.490 e. The Morgan fingerprint density at radius 1 is 1.22 bits per heavy atom. The van der Waals surface area contributed by atoms with Crippen LogP contribution in [0.25, 0.3) is 0 Å². The number of amides is 1. The fourth-order valence-electron chi connectivity index (χ4n) is 3.34. The Labute approximate surface area is 198 Å². The van der Waals surface area contributed by atoms with Gasteiger partial charge in [-0.15, -0.1) is 11.6 Å². The lowest BCUT2D eigenvalue weighted by molar-refractivity contribution is 0.0125. The van der Waals surface area contributed by atoms with Gasteiger partial charge in [0.15, 0.2) is 0 Å². The van der Waals surface area contributed by atoms with Crippen molar-refractivity contribution >= 4 is 35.1 Å². The predicted octanol–water partition coefficient (Wildman–Crippen LogP) is 6.21. The first-order valence-electron chi connectivity index (χ1n) is 10.7. The lowest BCUT2D eigenvalue weighted by Crippen LogP contribution is -2.51. The van der Waals surface area contributed by atoms with Gasteiger partial charge in [0.1, 0.15) is 24.1 Å². The molecule has 1 saturated heterocycles. The minimum atomic E-state index is -1.23. The number of hydrogen-bond donors (Lipinski definition) is 1. The number of benzene rings is 2. The van der Waals surface area contributed by atoms with Gasteiger partial charge >= 0.3 is 6.09 Å². The van der Waals surface area contributed by atoms with Crippen LogP contribution in [-0.2, 0) is 4.74 Å². The van der Waals surface area contributed by atoms with Crippen molar-refractivity contribution in [1.29, 1.82) is 0 Å². The van der Waals surface area contributed by atoms with E-state index in [1.807, 2.05) is 48.5 Å². The van der Waals surface area contributed by atoms with Crippen molar-refractivity contribution in [3.63, 3.8) is 0 Å². The molecule has 8 heteroatoms. The third-order valence-electron chi connectivity index (χ3n) is 4.80. The zero-order valence-electron chi connectivity index (χ0n) is 18.6. The number of anilines is 1. The van der Waals surface area contributed by atoms with Gasteiger partial charge in [0, 0.05) is 16.3 Å². The number of nitrogens with one attached hydrogen (secondary N) is 1. The van der Waals surface area contributed by atoms with Crippen molar-refractivity contribution in [2.75, 3.05) is 30.9 Å². The fourth-order valence-corrected chi connectivity index (χ4v) is 4.30. The molecule has 2 aromatic rings. The molecular formula is C24H30ClFN2O3S. The summed E-state index contributed by atoms with van der Waals surface area (Å²) < 4.78 is 26.2. The van der Waals surface area contributed by atoms with Crippen LogP contribution < -0.4 is 10.1 Å². The van der Waals surface area contributed by atoms with E-state index in [1.165, 1.54) is 4.90 Å². The summed E-state index contributed by atoms with van der Waals surface area (Å²) in [6, 6.07) is 15.4. The standard InChI is InChI=1S/C24H30ClFN2O3S/c1-24(2,3)31-23(29)28-13-11-20(19(26)16-28)27-21-15-18(9-10-22(21)30-14-12-25)32-17-7-5-4-6-8-17/h4-10,15,19-20,27H,11-14,16H2,1-3H3. The van der Waals surface area contributed by atoms with Crippen molar-refractivity contribution < 1.29 is 18.7 Å². The monoisotopic (exact) mass is 480 g/mol. The van der Waals surface area contributed by atoms with Crippen molar-refractivity contribution in [2.45, 2.75) is 54.8 Å². The average Bonchev–Trinajstić information content (AvgIpc) is 2.74. The van der Waals surface area contributed by atoms with Gasteiger partial charge in [0.2, 0.25) is 0 Å². The SMILES string of the molecule is CC(C)(C)OC(=O)N1CCC(Nc2cc(Sc3ccccc3)ccc2OCCCl)C(F)C1. The lowest BCUT2D eigenvalue weighted by atomic mass is 10.0. The van der Waals surface area contributed by atoms with Crippen LogP contribution in [0.5, 0.6) is 5.75 Å². The summed E-state index contributed by atoms with van der Waals surface area (Å²) in [5, 5.41) is 3.31. The van der Waals surface area contributed by atoms with Crippen molar-refractivity contribution in [3.8, 4) is 5.75 Å². The maximum Gasteiger partial charge on any atom is 0.410 e. The predicted molar refractivity (Wildman–Crippen MR) is 128 cm³/mol. The average molecular weight is 481 g/mol. The number of halogens is 2. The van der Waals surface area contributed by atoms with Crippen LogP contribution in [0.2, 0.25) is 0 Å². The number of piperidine rings is 1. The molecular weight excluding hydrogens is 451 g/mol. The second kappa shape index (κ2) is 11.1. The summed E-state index contributed by atoms with van der Waals surface area (Å²) in [4.78, 5) is 15.9. The van der Waals surface area contributed by atoms with Crippen LogP contribution in [0.3, 0.4) is 0 Å². The normalized spacial score (nSPS) is 18.8. The van der Waals surface area contributed by atoms with Gasteiger partial charge in [-0.05, 0) is 57.5 Å². The summed E-state index contributed by atoms with van der Waals surface area (Å²) in [5.74, 6) is 0.991. The second-order valence-corrected chi connectivity index (χ2v) is 10.1. The van der Waals surface area contributed by atoms with Gasteiger partial charge in [-0.1, -0.05) is 30.0 Å². The number of likely N-dealkylation sites (tertiary alicyclic amines) is 1. The number of ether oxygens (including phenoxy) is 2. The summed E-state index contributed by atoms with van der Waals surface area (Å²) >= 11 is 7.41. The molecule has 32 heavy (non-hydrogen) atoms. The summed E-state index contributed by atoms with van der Waals surface area (Å²) in [5.41, 5.74) is 0.109. The van der Waals surface area contributed by atoms with E-state index in [0.717, 1.165) is 15.5 Å². The molecule has 0 saturated carbocycles. The molecule has 0 bridgehead atoms. The molecule has 0 aliphatic carbocycles. The number of carbonyl (C=O) groups is 1. The van der Waals surface area contributed by atoms with Crippen LogP contribution in [-0.4, -0.2) is 54.4 Å². The van der Waals surface area contributed by atoms with Crippen molar-refractivity contribution in [3.05, 3.63) is 48.5 Å². The van der Waals surface area contributed by atoms with Crippen LogP contribution >= 0.6 is 23.4 Å². The van der Waals surface area contributed by atoms with E-state index in [2.05, 4.69) is 5.32 Å². The fraction of sp³-hybridized carbons (Fsp3) is 0.458. The van der Waals surface area contributed by atoms with E-state index >= 15 is 4.39 Å². The molecule has 0 spiro atoms. The Balaban J connectivity index is 1.70. The van der Waals surface area contributed by atoms with Gasteiger partial charge in [0.05, 0.1) is 24.2 Å². The number of hydrogen-bond acceptors (Lipinski definition) is 5. The van der Waals surface area contributed by atoms with Gasteiger partial charge in [0.25, 0.3) is 0 Å². The van der Waals surface area contributed by atoms with Gasteiger partial charge in [-0.2, -0.15) is 0 Å². The molecule has 2 unspecified atom stereocenters. The second-order valence-electron chi connectivity index (χ2n) is 8.59. The molecule has 1 amide bonds. The third kappa shape index (κ3) is 7.20. The Morgan fingerprint density at radius 2 is 1.97 bits per heavy atom. The molecule has 0 radical (unpaired) electrons. The molecule has 0 aromatic heterocycles. The first-order valence-corrected chi connectivity index (χ1v) is 12.0. The quantitative estimate of drug-likeness (QED) is 0.477. The number of nitrogens with zero attached hydrogens (tertiary/aromatic N) is 1. The Hall–Kier alpha value is -2.12. The van der Waals surface area contributed by atoms with Crippen LogP contribution in [0.15, 0.2) is 58.3 Å². The minimum absolute atomic E-state index is 0.0110. The topological polar surface area (TPSA) is 50.8 Å². The van der Waals surface area contributed by atoms with Crippen molar-refractivity contribution in [1.82, 2.24) is 4.90 Å². The zero-order valence-corrected chi connectivity index (χ0v) is 20.2. The Bertz CT molecular complexity index is 895. The summed E-state index contributed by atoms with van der Waals surface area (Å²) in [6.07, 6.45) is -1.25. The Kier molecular flexibility index (Phi) is 8.54. The molecule has 1 fully saturated rings. The highest BCUT2D eigenvalue weighted by Crippen LogP contribution is 2.35. The van der Waals surface area contributed by atoms with Gasteiger partial charge < -0.3 is 19.7 Å². The van der Waals surface area contributed by atoms with E-state index in [9.17, 15) is 4.79 Å².